The molecule has 0 bridgehead atoms. The monoisotopic (exact) mass is 476 g/mol. The van der Waals surface area contributed by atoms with Crippen LogP contribution in [0.1, 0.15) is 51.5 Å². The maximum atomic E-state index is 13.0. The van der Waals surface area contributed by atoms with Crippen LogP contribution in [-0.2, 0) is 9.53 Å². The van der Waals surface area contributed by atoms with E-state index in [-0.39, 0.29) is 44.7 Å². The molecule has 2 heterocycles. The molecule has 1 aromatic carbocycles. The Morgan fingerprint density at radius 1 is 1.03 bits per heavy atom. The highest BCUT2D eigenvalue weighted by Gasteiger charge is 2.37. The summed E-state index contributed by atoms with van der Waals surface area (Å²) in [6, 6.07) is 1.41. The first-order valence-corrected chi connectivity index (χ1v) is 11.2. The SMILES string of the molecule is CC(C)(C)OC(=O)N1CCC(C(=O)N2CCC(c3c(O)cc(Cl)c(Cl)c3Cl)CC2)C1. The number of amides is 2. The third-order valence-electron chi connectivity index (χ3n) is 5.58. The Morgan fingerprint density at radius 2 is 1.63 bits per heavy atom. The summed E-state index contributed by atoms with van der Waals surface area (Å²) >= 11 is 18.4. The van der Waals surface area contributed by atoms with Crippen molar-refractivity contribution in [1.29, 1.82) is 0 Å². The van der Waals surface area contributed by atoms with Gasteiger partial charge in [-0.2, -0.15) is 0 Å². The largest absolute Gasteiger partial charge is 0.508 e. The average Bonchev–Trinajstić information content (AvgIpc) is 3.15. The van der Waals surface area contributed by atoms with Gasteiger partial charge in [-0.25, -0.2) is 4.79 Å². The number of hydrogen-bond acceptors (Lipinski definition) is 4. The molecule has 0 spiro atoms. The minimum absolute atomic E-state index is 0.00171. The van der Waals surface area contributed by atoms with Crippen LogP contribution in [0.4, 0.5) is 4.79 Å². The standard InChI is InChI=1S/C21H27Cl3N2O4/c1-21(2,3)30-20(29)26-9-6-13(11-26)19(28)25-7-4-12(5-8-25)16-15(27)10-14(22)17(23)18(16)24/h10,12-13,27H,4-9,11H2,1-3H3. The first-order valence-electron chi connectivity index (χ1n) is 10.1. The van der Waals surface area contributed by atoms with Gasteiger partial charge in [0.05, 0.1) is 21.0 Å². The Balaban J connectivity index is 1.58. The molecule has 0 saturated carbocycles. The van der Waals surface area contributed by atoms with E-state index in [9.17, 15) is 14.7 Å². The van der Waals surface area contributed by atoms with Gasteiger partial charge < -0.3 is 19.6 Å². The molecular formula is C21H27Cl3N2O4. The Labute approximate surface area is 192 Å². The summed E-state index contributed by atoms with van der Waals surface area (Å²) in [5, 5.41) is 11.0. The fraction of sp³-hybridized carbons (Fsp3) is 0.619. The maximum absolute atomic E-state index is 13.0. The van der Waals surface area contributed by atoms with Crippen LogP contribution in [0.2, 0.25) is 15.1 Å². The number of hydrogen-bond donors (Lipinski definition) is 1. The van der Waals surface area contributed by atoms with Crippen molar-refractivity contribution in [3.8, 4) is 5.75 Å². The second kappa shape index (κ2) is 9.01. The van der Waals surface area contributed by atoms with E-state index < -0.39 is 5.60 Å². The van der Waals surface area contributed by atoms with E-state index in [1.54, 1.807) is 4.90 Å². The molecule has 6 nitrogen and oxygen atoms in total. The summed E-state index contributed by atoms with van der Waals surface area (Å²) in [5.41, 5.74) is 0.0356. The summed E-state index contributed by atoms with van der Waals surface area (Å²) in [7, 11) is 0. The molecule has 2 amide bonds. The van der Waals surface area contributed by atoms with Gasteiger partial charge in [0.15, 0.2) is 0 Å². The number of aromatic hydroxyl groups is 1. The number of nitrogens with zero attached hydrogens (tertiary/aromatic N) is 2. The van der Waals surface area contributed by atoms with Crippen molar-refractivity contribution in [1.82, 2.24) is 9.80 Å². The van der Waals surface area contributed by atoms with Gasteiger partial charge >= 0.3 is 6.09 Å². The van der Waals surface area contributed by atoms with Crippen LogP contribution in [0.15, 0.2) is 6.07 Å². The summed E-state index contributed by atoms with van der Waals surface area (Å²) in [4.78, 5) is 28.6. The molecule has 2 saturated heterocycles. The predicted molar refractivity (Wildman–Crippen MR) is 118 cm³/mol. The highest BCUT2D eigenvalue weighted by molar-refractivity contribution is 6.48. The zero-order chi connectivity index (χ0) is 22.2. The molecule has 0 aromatic heterocycles. The summed E-state index contributed by atoms with van der Waals surface area (Å²) in [6.45, 7) is 7.50. The number of likely N-dealkylation sites (tertiary alicyclic amines) is 2. The van der Waals surface area contributed by atoms with Gasteiger partial charge in [-0.1, -0.05) is 34.8 Å². The van der Waals surface area contributed by atoms with Crippen molar-refractivity contribution in [2.45, 2.75) is 51.6 Å². The zero-order valence-electron chi connectivity index (χ0n) is 17.4. The molecule has 2 aliphatic heterocycles. The molecule has 2 fully saturated rings. The smallest absolute Gasteiger partial charge is 0.410 e. The second-order valence-electron chi connectivity index (χ2n) is 8.93. The molecule has 0 aliphatic carbocycles. The van der Waals surface area contributed by atoms with Gasteiger partial charge in [-0.3, -0.25) is 4.79 Å². The lowest BCUT2D eigenvalue weighted by molar-refractivity contribution is -0.136. The summed E-state index contributed by atoms with van der Waals surface area (Å²) in [5.74, 6) is -0.124. The van der Waals surface area contributed by atoms with Gasteiger partial charge in [0.25, 0.3) is 0 Å². The van der Waals surface area contributed by atoms with Gasteiger partial charge in [-0.05, 0) is 46.0 Å². The van der Waals surface area contributed by atoms with Crippen molar-refractivity contribution in [3.63, 3.8) is 0 Å². The number of benzene rings is 1. The van der Waals surface area contributed by atoms with Gasteiger partial charge in [0, 0.05) is 37.8 Å². The van der Waals surface area contributed by atoms with E-state index in [1.165, 1.54) is 6.07 Å². The third kappa shape index (κ3) is 5.09. The van der Waals surface area contributed by atoms with Crippen LogP contribution in [0.25, 0.3) is 0 Å². The second-order valence-corrected chi connectivity index (χ2v) is 10.1. The van der Waals surface area contributed by atoms with E-state index in [0.29, 0.717) is 51.0 Å². The number of ether oxygens (including phenoxy) is 1. The number of halogens is 3. The van der Waals surface area contributed by atoms with Crippen LogP contribution in [0, 0.1) is 5.92 Å². The first-order chi connectivity index (χ1) is 14.0. The predicted octanol–water partition coefficient (Wildman–Crippen LogP) is 5.32. The zero-order valence-corrected chi connectivity index (χ0v) is 19.6. The van der Waals surface area contributed by atoms with Crippen LogP contribution in [0.5, 0.6) is 5.75 Å². The molecule has 2 aliphatic rings. The fourth-order valence-electron chi connectivity index (χ4n) is 4.09. The molecule has 30 heavy (non-hydrogen) atoms. The summed E-state index contributed by atoms with van der Waals surface area (Å²) < 4.78 is 5.40. The molecule has 1 atom stereocenters. The van der Waals surface area contributed by atoms with Gasteiger partial charge in [0.2, 0.25) is 5.91 Å². The lowest BCUT2D eigenvalue weighted by atomic mass is 9.88. The van der Waals surface area contributed by atoms with Crippen LogP contribution >= 0.6 is 34.8 Å². The lowest BCUT2D eigenvalue weighted by Crippen LogP contribution is -2.42. The Bertz CT molecular complexity index is 833. The number of piperidine rings is 1. The van der Waals surface area contributed by atoms with Crippen LogP contribution in [0.3, 0.4) is 0 Å². The Hall–Kier alpha value is -1.37. The molecular weight excluding hydrogens is 451 g/mol. The molecule has 0 radical (unpaired) electrons. The van der Waals surface area contributed by atoms with E-state index in [4.69, 9.17) is 39.5 Å². The van der Waals surface area contributed by atoms with E-state index in [0.717, 1.165) is 0 Å². The van der Waals surface area contributed by atoms with Crippen molar-refractivity contribution in [2.24, 2.45) is 5.92 Å². The van der Waals surface area contributed by atoms with Crippen molar-refractivity contribution >= 4 is 46.8 Å². The number of rotatable bonds is 2. The number of carbonyl (C=O) groups excluding carboxylic acids is 2. The Morgan fingerprint density at radius 3 is 2.23 bits per heavy atom. The Kier molecular flexibility index (Phi) is 7.00. The van der Waals surface area contributed by atoms with Gasteiger partial charge in [-0.15, -0.1) is 0 Å². The van der Waals surface area contributed by atoms with Crippen molar-refractivity contribution < 1.29 is 19.4 Å². The quantitative estimate of drug-likeness (QED) is 0.586. The number of phenols is 1. The van der Waals surface area contributed by atoms with E-state index in [1.807, 2.05) is 25.7 Å². The topological polar surface area (TPSA) is 70.1 Å². The highest BCUT2D eigenvalue weighted by Crippen LogP contribution is 2.45. The van der Waals surface area contributed by atoms with E-state index in [2.05, 4.69) is 0 Å². The summed E-state index contributed by atoms with van der Waals surface area (Å²) in [6.07, 6.45) is 1.59. The van der Waals surface area contributed by atoms with E-state index >= 15 is 0 Å². The highest BCUT2D eigenvalue weighted by atomic mass is 35.5. The van der Waals surface area contributed by atoms with Crippen LogP contribution < -0.4 is 0 Å². The third-order valence-corrected chi connectivity index (χ3v) is 6.86. The molecule has 166 valence electrons. The first kappa shape index (κ1) is 23.3. The fourth-order valence-corrected chi connectivity index (χ4v) is 4.84. The van der Waals surface area contributed by atoms with Crippen molar-refractivity contribution in [2.75, 3.05) is 26.2 Å². The van der Waals surface area contributed by atoms with Crippen molar-refractivity contribution in [3.05, 3.63) is 26.7 Å². The normalized spacial score (nSPS) is 20.5. The number of carbonyl (C=O) groups is 2. The van der Waals surface area contributed by atoms with Crippen LogP contribution in [-0.4, -0.2) is 58.7 Å². The minimum Gasteiger partial charge on any atom is -0.508 e. The molecule has 1 unspecified atom stereocenters. The molecule has 1 N–H and O–H groups in total. The number of phenolic OH excluding ortho intramolecular Hbond substituents is 1. The lowest BCUT2D eigenvalue weighted by Gasteiger charge is -2.34. The van der Waals surface area contributed by atoms with Gasteiger partial charge in [0.1, 0.15) is 11.4 Å². The average molecular weight is 478 g/mol. The molecule has 1 aromatic rings. The molecule has 3 rings (SSSR count). The molecule has 9 heteroatoms. The minimum atomic E-state index is -0.557. The maximum Gasteiger partial charge on any atom is 0.410 e.